The molecule has 0 amide bonds. The predicted octanol–water partition coefficient (Wildman–Crippen LogP) is 0.227. The van der Waals surface area contributed by atoms with E-state index >= 15 is 0 Å². The average Bonchev–Trinajstić information content (AvgIpc) is 2.14. The first kappa shape index (κ1) is 11.0. The molecule has 1 aromatic rings. The van der Waals surface area contributed by atoms with Crippen molar-refractivity contribution in [3.63, 3.8) is 0 Å². The van der Waals surface area contributed by atoms with Crippen LogP contribution in [-0.2, 0) is 11.3 Å². The van der Waals surface area contributed by atoms with Gasteiger partial charge >= 0.3 is 5.69 Å². The van der Waals surface area contributed by atoms with Gasteiger partial charge in [0.15, 0.2) is 0 Å². The topological polar surface area (TPSA) is 64.1 Å². The molecule has 1 aromatic heterocycles. The minimum absolute atomic E-state index is 0.0158. The molecule has 0 atom stereocenters. The van der Waals surface area contributed by atoms with Gasteiger partial charge in [0.05, 0.1) is 0 Å². The molecule has 1 rings (SSSR count). The highest BCUT2D eigenvalue weighted by atomic mass is 35.5. The lowest BCUT2D eigenvalue weighted by molar-refractivity contribution is 0.190. The number of aryl methyl sites for hydroxylation is 1. The van der Waals surface area contributed by atoms with Crippen LogP contribution >= 0.6 is 11.6 Å². The van der Waals surface area contributed by atoms with Crippen LogP contribution < -0.4 is 11.2 Å². The predicted molar refractivity (Wildman–Crippen MR) is 52.8 cm³/mol. The van der Waals surface area contributed by atoms with Crippen molar-refractivity contribution in [2.45, 2.75) is 13.0 Å². The molecule has 0 saturated heterocycles. The first-order chi connectivity index (χ1) is 6.65. The molecule has 14 heavy (non-hydrogen) atoms. The smallest absolute Gasteiger partial charge is 0.328 e. The monoisotopic (exact) mass is 218 g/mol. The zero-order valence-electron chi connectivity index (χ0n) is 7.75. The zero-order valence-corrected chi connectivity index (χ0v) is 8.50. The van der Waals surface area contributed by atoms with E-state index in [1.54, 1.807) is 7.11 Å². The second kappa shape index (κ2) is 4.97. The van der Waals surface area contributed by atoms with Crippen molar-refractivity contribution in [2.75, 3.05) is 13.7 Å². The first-order valence-electron chi connectivity index (χ1n) is 4.13. The molecular weight excluding hydrogens is 208 g/mol. The zero-order chi connectivity index (χ0) is 10.6. The number of nitrogens with one attached hydrogen (secondary N) is 1. The Bertz CT molecular complexity index is 410. The Balaban J connectivity index is 2.82. The number of hydrogen-bond donors (Lipinski definition) is 1. The van der Waals surface area contributed by atoms with E-state index in [9.17, 15) is 9.59 Å². The third kappa shape index (κ3) is 2.71. The molecule has 0 radical (unpaired) electrons. The minimum Gasteiger partial charge on any atom is -0.385 e. The lowest BCUT2D eigenvalue weighted by Gasteiger charge is -2.03. The maximum Gasteiger partial charge on any atom is 0.328 e. The molecule has 0 bridgehead atoms. The number of aromatic amines is 1. The molecule has 0 saturated carbocycles. The summed E-state index contributed by atoms with van der Waals surface area (Å²) in [5, 5.41) is 0.0158. The van der Waals surface area contributed by atoms with E-state index in [1.165, 1.54) is 10.8 Å². The molecule has 78 valence electrons. The highest BCUT2D eigenvalue weighted by Gasteiger charge is 2.01. The van der Waals surface area contributed by atoms with Gasteiger partial charge in [0, 0.05) is 26.5 Å². The number of rotatable bonds is 4. The average molecular weight is 219 g/mol. The lowest BCUT2D eigenvalue weighted by Crippen LogP contribution is -2.29. The van der Waals surface area contributed by atoms with E-state index in [4.69, 9.17) is 16.3 Å². The Morgan fingerprint density at radius 2 is 2.29 bits per heavy atom. The maximum absolute atomic E-state index is 11.2. The van der Waals surface area contributed by atoms with Crippen molar-refractivity contribution >= 4 is 11.6 Å². The molecular formula is C8H11ClN2O3. The second-order valence-electron chi connectivity index (χ2n) is 2.78. The van der Waals surface area contributed by atoms with Crippen LogP contribution in [0.15, 0.2) is 15.8 Å². The van der Waals surface area contributed by atoms with Crippen molar-refractivity contribution in [2.24, 2.45) is 0 Å². The van der Waals surface area contributed by atoms with Gasteiger partial charge in [-0.2, -0.15) is 0 Å². The molecule has 0 aliphatic rings. The summed E-state index contributed by atoms with van der Waals surface area (Å²) in [4.78, 5) is 24.2. The summed E-state index contributed by atoms with van der Waals surface area (Å²) >= 11 is 5.56. The van der Waals surface area contributed by atoms with E-state index in [2.05, 4.69) is 4.98 Å². The van der Waals surface area contributed by atoms with Crippen molar-refractivity contribution < 1.29 is 4.74 Å². The van der Waals surface area contributed by atoms with E-state index in [-0.39, 0.29) is 5.02 Å². The fraction of sp³-hybridized carbons (Fsp3) is 0.500. The van der Waals surface area contributed by atoms with Crippen LogP contribution in [0.2, 0.25) is 5.02 Å². The number of H-pyrrole nitrogens is 1. The van der Waals surface area contributed by atoms with Crippen molar-refractivity contribution in [3.05, 3.63) is 32.1 Å². The lowest BCUT2D eigenvalue weighted by atomic mass is 10.4. The van der Waals surface area contributed by atoms with Crippen LogP contribution in [0.3, 0.4) is 0 Å². The third-order valence-electron chi connectivity index (χ3n) is 1.71. The SMILES string of the molecule is COCCCn1cc(Cl)c(=O)[nH]c1=O. The Hall–Kier alpha value is -1.07. The summed E-state index contributed by atoms with van der Waals surface area (Å²) in [6.07, 6.45) is 2.02. The van der Waals surface area contributed by atoms with Crippen LogP contribution in [0.25, 0.3) is 0 Å². The molecule has 0 fully saturated rings. The van der Waals surface area contributed by atoms with E-state index in [1.807, 2.05) is 0 Å². The van der Waals surface area contributed by atoms with Crippen molar-refractivity contribution in [1.82, 2.24) is 9.55 Å². The van der Waals surface area contributed by atoms with E-state index in [0.717, 1.165) is 0 Å². The number of halogens is 1. The molecule has 0 unspecified atom stereocenters. The van der Waals surface area contributed by atoms with Crippen molar-refractivity contribution in [1.29, 1.82) is 0 Å². The quantitative estimate of drug-likeness (QED) is 0.736. The fourth-order valence-electron chi connectivity index (χ4n) is 1.03. The highest BCUT2D eigenvalue weighted by Crippen LogP contribution is 1.96. The van der Waals surface area contributed by atoms with Crippen LogP contribution in [0.4, 0.5) is 0 Å². The van der Waals surface area contributed by atoms with E-state index in [0.29, 0.717) is 19.6 Å². The molecule has 0 aliphatic heterocycles. The number of nitrogens with zero attached hydrogens (tertiary/aromatic N) is 1. The van der Waals surface area contributed by atoms with Gasteiger partial charge in [-0.15, -0.1) is 0 Å². The number of hydrogen-bond acceptors (Lipinski definition) is 3. The standard InChI is InChI=1S/C8H11ClN2O3/c1-14-4-2-3-11-5-6(9)7(12)10-8(11)13/h5H,2-4H2,1H3,(H,10,12,13). The van der Waals surface area contributed by atoms with Gasteiger partial charge in [-0.3, -0.25) is 14.3 Å². The van der Waals surface area contributed by atoms with Gasteiger partial charge in [0.1, 0.15) is 5.02 Å². The van der Waals surface area contributed by atoms with Crippen molar-refractivity contribution in [3.8, 4) is 0 Å². The van der Waals surface area contributed by atoms with Gasteiger partial charge in [-0.1, -0.05) is 11.6 Å². The number of methoxy groups -OCH3 is 1. The highest BCUT2D eigenvalue weighted by molar-refractivity contribution is 6.30. The van der Waals surface area contributed by atoms with Crippen LogP contribution in [0.5, 0.6) is 0 Å². The summed E-state index contributed by atoms with van der Waals surface area (Å²) in [6.45, 7) is 1.03. The second-order valence-corrected chi connectivity index (χ2v) is 3.18. The summed E-state index contributed by atoms with van der Waals surface area (Å²) in [7, 11) is 1.59. The molecule has 0 aromatic carbocycles. The summed E-state index contributed by atoms with van der Waals surface area (Å²) in [6, 6.07) is 0. The Kier molecular flexibility index (Phi) is 3.91. The van der Waals surface area contributed by atoms with Crippen LogP contribution in [0, 0.1) is 0 Å². The molecule has 1 heterocycles. The molecule has 1 N–H and O–H groups in total. The first-order valence-corrected chi connectivity index (χ1v) is 4.51. The molecule has 6 heteroatoms. The summed E-state index contributed by atoms with van der Waals surface area (Å²) < 4.78 is 6.19. The number of ether oxygens (including phenoxy) is 1. The fourth-order valence-corrected chi connectivity index (χ4v) is 1.19. The minimum atomic E-state index is -0.556. The van der Waals surface area contributed by atoms with Crippen LogP contribution in [0.1, 0.15) is 6.42 Å². The normalized spacial score (nSPS) is 10.4. The van der Waals surface area contributed by atoms with Gasteiger partial charge in [0.25, 0.3) is 5.56 Å². The van der Waals surface area contributed by atoms with E-state index < -0.39 is 11.2 Å². The van der Waals surface area contributed by atoms with Gasteiger partial charge < -0.3 is 4.74 Å². The molecule has 0 spiro atoms. The van der Waals surface area contributed by atoms with Gasteiger partial charge in [-0.25, -0.2) is 4.79 Å². The Morgan fingerprint density at radius 1 is 1.57 bits per heavy atom. The Morgan fingerprint density at radius 3 is 2.93 bits per heavy atom. The van der Waals surface area contributed by atoms with Crippen LogP contribution in [-0.4, -0.2) is 23.3 Å². The summed E-state index contributed by atoms with van der Waals surface area (Å²) in [5.41, 5.74) is -1.00. The molecule has 0 aliphatic carbocycles. The Labute approximate surface area is 85.3 Å². The van der Waals surface area contributed by atoms with Gasteiger partial charge in [0.2, 0.25) is 0 Å². The molecule has 5 nitrogen and oxygen atoms in total. The van der Waals surface area contributed by atoms with Gasteiger partial charge in [-0.05, 0) is 6.42 Å². The summed E-state index contributed by atoms with van der Waals surface area (Å²) in [5.74, 6) is 0. The third-order valence-corrected chi connectivity index (χ3v) is 1.98. The largest absolute Gasteiger partial charge is 0.385 e. The maximum atomic E-state index is 11.2. The number of aromatic nitrogens is 2.